The van der Waals surface area contributed by atoms with Crippen molar-refractivity contribution in [2.24, 2.45) is 0 Å². The van der Waals surface area contributed by atoms with E-state index < -0.39 is 45.8 Å². The lowest BCUT2D eigenvalue weighted by atomic mass is 10.1. The summed E-state index contributed by atoms with van der Waals surface area (Å²) >= 11 is 0. The summed E-state index contributed by atoms with van der Waals surface area (Å²) in [6.07, 6.45) is 0. The Hall–Kier alpha value is -4.12. The van der Waals surface area contributed by atoms with Gasteiger partial charge in [0.2, 0.25) is 11.8 Å². The fourth-order valence-corrected chi connectivity index (χ4v) is 5.50. The number of anilines is 1. The van der Waals surface area contributed by atoms with E-state index in [1.165, 1.54) is 61.6 Å². The molecule has 0 aliphatic rings. The topological polar surface area (TPSA) is 105 Å². The highest BCUT2D eigenvalue weighted by atomic mass is 32.2. The molecule has 0 fully saturated rings. The number of nitrogens with one attached hydrogen (secondary N) is 1. The Bertz CT molecular complexity index is 1460. The summed E-state index contributed by atoms with van der Waals surface area (Å²) in [6.45, 7) is 6.37. The number of hydrogen-bond donors (Lipinski definition) is 1. The molecule has 3 rings (SSSR count). The van der Waals surface area contributed by atoms with Crippen molar-refractivity contribution >= 4 is 27.5 Å². The predicted octanol–water partition coefficient (Wildman–Crippen LogP) is 4.37. The number of para-hydroxylation sites is 1. The van der Waals surface area contributed by atoms with Crippen LogP contribution in [0.3, 0.4) is 0 Å². The van der Waals surface area contributed by atoms with E-state index in [0.29, 0.717) is 11.3 Å². The molecule has 1 N–H and O–H groups in total. The minimum Gasteiger partial charge on any atom is -0.493 e. The predicted molar refractivity (Wildman–Crippen MR) is 155 cm³/mol. The van der Waals surface area contributed by atoms with Crippen molar-refractivity contribution in [3.63, 3.8) is 0 Å². The number of carbonyl (C=O) groups excluding carboxylic acids is 2. The van der Waals surface area contributed by atoms with Crippen molar-refractivity contribution in [3.8, 4) is 11.5 Å². The Labute approximate surface area is 240 Å². The van der Waals surface area contributed by atoms with Gasteiger partial charge in [0, 0.05) is 18.2 Å². The summed E-state index contributed by atoms with van der Waals surface area (Å²) in [6, 6.07) is 16.9. The van der Waals surface area contributed by atoms with Crippen LogP contribution in [-0.2, 0) is 26.2 Å². The molecule has 0 aliphatic heterocycles. The van der Waals surface area contributed by atoms with Crippen LogP contribution in [0.1, 0.15) is 33.3 Å². The average Bonchev–Trinajstić information content (AvgIpc) is 2.94. The summed E-state index contributed by atoms with van der Waals surface area (Å²) in [5.41, 5.74) is 0.260. The third kappa shape index (κ3) is 7.97. The van der Waals surface area contributed by atoms with Crippen LogP contribution in [0.5, 0.6) is 11.5 Å². The van der Waals surface area contributed by atoms with E-state index in [0.717, 1.165) is 4.31 Å². The average molecular weight is 586 g/mol. The smallest absolute Gasteiger partial charge is 0.264 e. The molecule has 2 amide bonds. The first-order valence-corrected chi connectivity index (χ1v) is 14.4. The zero-order chi connectivity index (χ0) is 30.4. The van der Waals surface area contributed by atoms with Crippen molar-refractivity contribution in [2.45, 2.75) is 50.7 Å². The molecule has 0 heterocycles. The summed E-state index contributed by atoms with van der Waals surface area (Å²) in [5, 5.41) is 2.86. The lowest BCUT2D eigenvalue weighted by Crippen LogP contribution is -2.54. The van der Waals surface area contributed by atoms with Crippen molar-refractivity contribution in [1.82, 2.24) is 10.2 Å². The van der Waals surface area contributed by atoms with Crippen LogP contribution in [0.25, 0.3) is 0 Å². The first kappa shape index (κ1) is 31.4. The SMILES string of the molecule is COc1ccc(S(=O)(=O)N(CC(=O)N(Cc2ccc(F)cc2)C(C)C(=O)NC(C)(C)C)c2ccccc2)cc1OC. The molecule has 1 unspecified atom stereocenters. The maximum Gasteiger partial charge on any atom is 0.264 e. The molecule has 11 heteroatoms. The van der Waals surface area contributed by atoms with Gasteiger partial charge in [0.15, 0.2) is 11.5 Å². The van der Waals surface area contributed by atoms with Gasteiger partial charge >= 0.3 is 0 Å². The van der Waals surface area contributed by atoms with Gasteiger partial charge in [0.1, 0.15) is 18.4 Å². The standard InChI is InChI=1S/C30H36FN3O6S/c1-21(29(36)32-30(2,3)4)33(19-22-12-14-23(31)15-13-22)28(35)20-34(24-10-8-7-9-11-24)41(37,38)25-16-17-26(39-5)27(18-25)40-6/h7-18,21H,19-20H2,1-6H3,(H,32,36). The van der Waals surface area contributed by atoms with E-state index in [9.17, 15) is 22.4 Å². The molecule has 1 atom stereocenters. The molecule has 220 valence electrons. The molecule has 3 aromatic rings. The molecular formula is C30H36FN3O6S. The maximum absolute atomic E-state index is 14.0. The van der Waals surface area contributed by atoms with E-state index in [-0.39, 0.29) is 22.9 Å². The molecular weight excluding hydrogens is 549 g/mol. The number of benzene rings is 3. The molecule has 0 saturated carbocycles. The first-order chi connectivity index (χ1) is 19.3. The number of ether oxygens (including phenoxy) is 2. The third-order valence-electron chi connectivity index (χ3n) is 6.20. The van der Waals surface area contributed by atoms with Gasteiger partial charge in [-0.2, -0.15) is 0 Å². The van der Waals surface area contributed by atoms with E-state index in [2.05, 4.69) is 5.32 Å². The summed E-state index contributed by atoms with van der Waals surface area (Å²) in [7, 11) is -1.46. The van der Waals surface area contributed by atoms with Crippen molar-refractivity contribution in [3.05, 3.63) is 84.2 Å². The number of halogens is 1. The Morgan fingerprint density at radius 3 is 2.10 bits per heavy atom. The fraction of sp³-hybridized carbons (Fsp3) is 0.333. The number of nitrogens with zero attached hydrogens (tertiary/aromatic N) is 2. The lowest BCUT2D eigenvalue weighted by molar-refractivity contribution is -0.140. The molecule has 0 spiro atoms. The van der Waals surface area contributed by atoms with Gasteiger partial charge in [0.25, 0.3) is 10.0 Å². The first-order valence-electron chi connectivity index (χ1n) is 12.9. The highest BCUT2D eigenvalue weighted by Crippen LogP contribution is 2.32. The number of rotatable bonds is 11. The Morgan fingerprint density at radius 2 is 1.54 bits per heavy atom. The van der Waals surface area contributed by atoms with E-state index >= 15 is 0 Å². The van der Waals surface area contributed by atoms with Gasteiger partial charge in [-0.05, 0) is 69.7 Å². The van der Waals surface area contributed by atoms with Crippen LogP contribution in [-0.4, -0.2) is 57.5 Å². The van der Waals surface area contributed by atoms with E-state index in [4.69, 9.17) is 9.47 Å². The van der Waals surface area contributed by atoms with Crippen LogP contribution in [0.15, 0.2) is 77.7 Å². The second-order valence-electron chi connectivity index (χ2n) is 10.4. The quantitative estimate of drug-likeness (QED) is 0.358. The fourth-order valence-electron chi connectivity index (χ4n) is 4.07. The van der Waals surface area contributed by atoms with E-state index in [1.807, 2.05) is 20.8 Å². The number of sulfonamides is 1. The minimum absolute atomic E-state index is 0.0448. The molecule has 0 aliphatic carbocycles. The van der Waals surface area contributed by atoms with Crippen LogP contribution < -0.4 is 19.1 Å². The van der Waals surface area contributed by atoms with Crippen molar-refractivity contribution < 1.29 is 31.9 Å². The normalized spacial score (nSPS) is 12.3. The van der Waals surface area contributed by atoms with Crippen LogP contribution in [0, 0.1) is 5.82 Å². The zero-order valence-electron chi connectivity index (χ0n) is 24.0. The van der Waals surface area contributed by atoms with Gasteiger partial charge in [-0.25, -0.2) is 12.8 Å². The maximum atomic E-state index is 14.0. The Kier molecular flexibility index (Phi) is 9.98. The Morgan fingerprint density at radius 1 is 0.927 bits per heavy atom. The number of hydrogen-bond acceptors (Lipinski definition) is 6. The van der Waals surface area contributed by atoms with Crippen LogP contribution >= 0.6 is 0 Å². The van der Waals surface area contributed by atoms with Crippen LogP contribution in [0.2, 0.25) is 0 Å². The monoisotopic (exact) mass is 585 g/mol. The van der Waals surface area contributed by atoms with Crippen molar-refractivity contribution in [1.29, 1.82) is 0 Å². The molecule has 41 heavy (non-hydrogen) atoms. The van der Waals surface area contributed by atoms with Crippen molar-refractivity contribution in [2.75, 3.05) is 25.1 Å². The highest BCUT2D eigenvalue weighted by molar-refractivity contribution is 7.92. The molecule has 0 bridgehead atoms. The largest absolute Gasteiger partial charge is 0.493 e. The molecule has 0 saturated heterocycles. The number of carbonyl (C=O) groups is 2. The summed E-state index contributed by atoms with van der Waals surface area (Å²) < 4.78 is 53.1. The number of amides is 2. The third-order valence-corrected chi connectivity index (χ3v) is 7.97. The zero-order valence-corrected chi connectivity index (χ0v) is 24.9. The van der Waals surface area contributed by atoms with Gasteiger partial charge in [-0.1, -0.05) is 30.3 Å². The van der Waals surface area contributed by atoms with Crippen LogP contribution in [0.4, 0.5) is 10.1 Å². The summed E-state index contributed by atoms with van der Waals surface area (Å²) in [5.74, 6) is -0.932. The molecule has 0 aromatic heterocycles. The number of methoxy groups -OCH3 is 2. The van der Waals surface area contributed by atoms with Gasteiger partial charge in [-0.15, -0.1) is 0 Å². The van der Waals surface area contributed by atoms with Gasteiger partial charge in [0.05, 0.1) is 24.8 Å². The second kappa shape index (κ2) is 13.0. The second-order valence-corrected chi connectivity index (χ2v) is 12.3. The molecule has 0 radical (unpaired) electrons. The highest BCUT2D eigenvalue weighted by Gasteiger charge is 2.33. The lowest BCUT2D eigenvalue weighted by Gasteiger charge is -2.33. The summed E-state index contributed by atoms with van der Waals surface area (Å²) in [4.78, 5) is 28.2. The van der Waals surface area contributed by atoms with E-state index in [1.54, 1.807) is 37.3 Å². The van der Waals surface area contributed by atoms with Gasteiger partial charge in [-0.3, -0.25) is 13.9 Å². The Balaban J connectivity index is 2.04. The minimum atomic E-state index is -4.29. The molecule has 3 aromatic carbocycles. The van der Waals surface area contributed by atoms with Gasteiger partial charge < -0.3 is 19.7 Å². The molecule has 9 nitrogen and oxygen atoms in total.